The number of hydrogen-bond donors (Lipinski definition) is 2. The van der Waals surface area contributed by atoms with Gasteiger partial charge in [0.1, 0.15) is 0 Å². The fraction of sp³-hybridized carbons (Fsp3) is 0.421. The summed E-state index contributed by atoms with van der Waals surface area (Å²) >= 11 is 1.00. The number of nitrogens with one attached hydrogen (secondary N) is 2. The number of aromatic nitrogens is 1. The van der Waals surface area contributed by atoms with Gasteiger partial charge in [0.15, 0.2) is 5.13 Å². The number of carbonyl (C=O) groups is 2. The van der Waals surface area contributed by atoms with Crippen LogP contribution in [0.1, 0.15) is 53.4 Å². The molecule has 2 N–H and O–H groups in total. The van der Waals surface area contributed by atoms with Crippen LogP contribution in [0.15, 0.2) is 30.5 Å². The van der Waals surface area contributed by atoms with E-state index in [1.807, 2.05) is 6.92 Å². The number of hydrogen-bond acceptors (Lipinski definition) is 5. The normalized spacial score (nSPS) is 11.3. The van der Waals surface area contributed by atoms with Crippen LogP contribution in [0.4, 0.5) is 18.3 Å². The van der Waals surface area contributed by atoms with Crippen LogP contribution >= 0.6 is 11.3 Å². The van der Waals surface area contributed by atoms with Crippen molar-refractivity contribution < 1.29 is 22.8 Å². The number of unbranched alkanes of at least 4 members (excludes halogenated alkanes) is 1. The number of alkyl halides is 3. The van der Waals surface area contributed by atoms with Crippen molar-refractivity contribution in [3.05, 3.63) is 46.5 Å². The Morgan fingerprint density at radius 2 is 1.89 bits per heavy atom. The first-order valence-electron chi connectivity index (χ1n) is 9.00. The molecule has 5 nitrogen and oxygen atoms in total. The van der Waals surface area contributed by atoms with E-state index in [9.17, 15) is 22.8 Å². The van der Waals surface area contributed by atoms with Gasteiger partial charge in [0, 0.05) is 25.1 Å². The van der Waals surface area contributed by atoms with E-state index in [-0.39, 0.29) is 16.3 Å². The fourth-order valence-corrected chi connectivity index (χ4v) is 3.26. The largest absolute Gasteiger partial charge is 0.417 e. The van der Waals surface area contributed by atoms with Gasteiger partial charge in [-0.1, -0.05) is 42.9 Å². The van der Waals surface area contributed by atoms with E-state index >= 15 is 0 Å². The minimum Gasteiger partial charge on any atom is -0.361 e. The predicted molar refractivity (Wildman–Crippen MR) is 103 cm³/mol. The Balaban J connectivity index is 1.87. The Morgan fingerprint density at radius 3 is 2.61 bits per heavy atom. The maximum atomic E-state index is 13.1. The summed E-state index contributed by atoms with van der Waals surface area (Å²) in [7, 11) is 0. The number of amides is 1. The molecular weight excluding hydrogens is 391 g/mol. The van der Waals surface area contributed by atoms with Crippen LogP contribution in [0.5, 0.6) is 0 Å². The molecular formula is C19H22F3N3O2S. The smallest absolute Gasteiger partial charge is 0.361 e. The number of halogens is 3. The van der Waals surface area contributed by atoms with Crippen molar-refractivity contribution in [1.82, 2.24) is 10.3 Å². The van der Waals surface area contributed by atoms with Gasteiger partial charge in [-0.25, -0.2) is 4.98 Å². The second kappa shape index (κ2) is 10.2. The van der Waals surface area contributed by atoms with Crippen molar-refractivity contribution in [2.45, 2.75) is 38.8 Å². The standard InChI is InChI=1S/C19H22F3N3O2S/c1-2-3-9-16(26)23-10-6-11-24-18-25-12-15(28-18)17(27)13-7-4-5-8-14(13)19(20,21)22/h4-5,7-8,12H,2-3,6,9-11H2,1H3,(H,23,26)(H,24,25). The summed E-state index contributed by atoms with van der Waals surface area (Å²) < 4.78 is 39.3. The molecule has 0 atom stereocenters. The first kappa shape index (κ1) is 21.9. The summed E-state index contributed by atoms with van der Waals surface area (Å²) in [4.78, 5) is 28.1. The number of carbonyl (C=O) groups excluding carboxylic acids is 2. The average Bonchev–Trinajstić information content (AvgIpc) is 3.13. The highest BCUT2D eigenvalue weighted by Gasteiger charge is 2.35. The summed E-state index contributed by atoms with van der Waals surface area (Å²) in [6, 6.07) is 4.71. The number of benzene rings is 1. The summed E-state index contributed by atoms with van der Waals surface area (Å²) in [5.41, 5.74) is -1.35. The minimum atomic E-state index is -4.60. The maximum absolute atomic E-state index is 13.1. The van der Waals surface area contributed by atoms with E-state index in [1.54, 1.807) is 0 Å². The second-order valence-corrected chi connectivity index (χ2v) is 7.17. The molecule has 0 aliphatic heterocycles. The third kappa shape index (κ3) is 6.33. The highest BCUT2D eigenvalue weighted by atomic mass is 32.1. The van der Waals surface area contributed by atoms with Crippen LogP contribution in [0, 0.1) is 0 Å². The van der Waals surface area contributed by atoms with Gasteiger partial charge in [-0.05, 0) is 18.9 Å². The Kier molecular flexibility index (Phi) is 7.98. The van der Waals surface area contributed by atoms with E-state index in [0.29, 0.717) is 31.1 Å². The lowest BCUT2D eigenvalue weighted by Crippen LogP contribution is -2.25. The zero-order chi connectivity index (χ0) is 20.6. The van der Waals surface area contributed by atoms with E-state index < -0.39 is 17.5 Å². The van der Waals surface area contributed by atoms with Crippen molar-refractivity contribution in [1.29, 1.82) is 0 Å². The quantitative estimate of drug-likeness (QED) is 0.444. The molecule has 0 aliphatic rings. The zero-order valence-corrected chi connectivity index (χ0v) is 16.3. The minimum absolute atomic E-state index is 0.0207. The third-order valence-corrected chi connectivity index (χ3v) is 4.87. The average molecular weight is 413 g/mol. The number of anilines is 1. The third-order valence-electron chi connectivity index (χ3n) is 3.92. The number of ketones is 1. The van der Waals surface area contributed by atoms with Crippen LogP contribution < -0.4 is 10.6 Å². The van der Waals surface area contributed by atoms with Gasteiger partial charge in [-0.3, -0.25) is 9.59 Å². The van der Waals surface area contributed by atoms with Crippen LogP contribution in [0.3, 0.4) is 0 Å². The molecule has 28 heavy (non-hydrogen) atoms. The van der Waals surface area contributed by atoms with Crippen molar-refractivity contribution in [2.24, 2.45) is 0 Å². The molecule has 0 spiro atoms. The van der Waals surface area contributed by atoms with Gasteiger partial charge in [-0.2, -0.15) is 13.2 Å². The van der Waals surface area contributed by atoms with Crippen molar-refractivity contribution in [2.75, 3.05) is 18.4 Å². The first-order valence-corrected chi connectivity index (χ1v) is 9.82. The molecule has 1 aromatic carbocycles. The molecule has 0 radical (unpaired) electrons. The Bertz CT molecular complexity index is 806. The van der Waals surface area contributed by atoms with Crippen LogP contribution in [0.25, 0.3) is 0 Å². The monoisotopic (exact) mass is 413 g/mol. The van der Waals surface area contributed by atoms with E-state index in [2.05, 4.69) is 15.6 Å². The predicted octanol–water partition coefficient (Wildman–Crippen LogP) is 4.50. The molecule has 152 valence electrons. The van der Waals surface area contributed by atoms with Crippen molar-refractivity contribution in [3.63, 3.8) is 0 Å². The fourth-order valence-electron chi connectivity index (χ4n) is 2.46. The van der Waals surface area contributed by atoms with Gasteiger partial charge in [0.25, 0.3) is 0 Å². The molecule has 0 unspecified atom stereocenters. The zero-order valence-electron chi connectivity index (χ0n) is 15.4. The lowest BCUT2D eigenvalue weighted by molar-refractivity contribution is -0.137. The lowest BCUT2D eigenvalue weighted by Gasteiger charge is -2.10. The van der Waals surface area contributed by atoms with Gasteiger partial charge in [-0.15, -0.1) is 0 Å². The summed E-state index contributed by atoms with van der Waals surface area (Å²) in [6.07, 6.45) is -0.321. The maximum Gasteiger partial charge on any atom is 0.417 e. The van der Waals surface area contributed by atoms with Crippen molar-refractivity contribution >= 4 is 28.2 Å². The lowest BCUT2D eigenvalue weighted by atomic mass is 10.0. The van der Waals surface area contributed by atoms with E-state index in [1.165, 1.54) is 24.4 Å². The van der Waals surface area contributed by atoms with Crippen LogP contribution in [-0.4, -0.2) is 29.8 Å². The number of thiazole rings is 1. The summed E-state index contributed by atoms with van der Waals surface area (Å²) in [5.74, 6) is -0.686. The Morgan fingerprint density at radius 1 is 1.14 bits per heavy atom. The SMILES string of the molecule is CCCCC(=O)NCCCNc1ncc(C(=O)c2ccccc2C(F)(F)F)s1. The van der Waals surface area contributed by atoms with Crippen molar-refractivity contribution in [3.8, 4) is 0 Å². The Labute approximate surface area is 165 Å². The van der Waals surface area contributed by atoms with Gasteiger partial charge in [0.05, 0.1) is 16.6 Å². The molecule has 2 rings (SSSR count). The summed E-state index contributed by atoms with van der Waals surface area (Å²) in [6.45, 7) is 3.06. The second-order valence-electron chi connectivity index (χ2n) is 6.14. The molecule has 1 aromatic heterocycles. The van der Waals surface area contributed by atoms with Gasteiger partial charge >= 0.3 is 6.18 Å². The molecule has 2 aromatic rings. The topological polar surface area (TPSA) is 71.1 Å². The number of rotatable bonds is 10. The molecule has 0 saturated carbocycles. The molecule has 9 heteroatoms. The van der Waals surface area contributed by atoms with E-state index in [0.717, 1.165) is 30.2 Å². The van der Waals surface area contributed by atoms with E-state index in [4.69, 9.17) is 0 Å². The number of nitrogens with zero attached hydrogens (tertiary/aromatic N) is 1. The molecule has 1 amide bonds. The summed E-state index contributed by atoms with van der Waals surface area (Å²) in [5, 5.41) is 6.28. The molecule has 1 heterocycles. The Hall–Kier alpha value is -2.42. The molecule has 0 saturated heterocycles. The highest BCUT2D eigenvalue weighted by molar-refractivity contribution is 7.17. The van der Waals surface area contributed by atoms with Crippen LogP contribution in [-0.2, 0) is 11.0 Å². The van der Waals surface area contributed by atoms with Gasteiger partial charge in [0.2, 0.25) is 11.7 Å². The molecule has 0 bridgehead atoms. The molecule has 0 fully saturated rings. The van der Waals surface area contributed by atoms with Gasteiger partial charge < -0.3 is 10.6 Å². The first-order chi connectivity index (χ1) is 13.3. The highest BCUT2D eigenvalue weighted by Crippen LogP contribution is 2.33. The van der Waals surface area contributed by atoms with Crippen LogP contribution in [0.2, 0.25) is 0 Å². The molecule has 0 aliphatic carbocycles.